The quantitative estimate of drug-likeness (QED) is 0.590. The van der Waals surface area contributed by atoms with E-state index in [4.69, 9.17) is 9.47 Å². The van der Waals surface area contributed by atoms with Gasteiger partial charge in [-0.2, -0.15) is 0 Å². The molecular formula is C22H24N2O3. The number of carbonyl (C=O) groups is 1. The van der Waals surface area contributed by atoms with Gasteiger partial charge in [0.2, 0.25) is 0 Å². The topological polar surface area (TPSA) is 60.5 Å². The van der Waals surface area contributed by atoms with Gasteiger partial charge in [-0.15, -0.1) is 0 Å². The summed E-state index contributed by atoms with van der Waals surface area (Å²) in [5, 5.41) is 4.26. The van der Waals surface area contributed by atoms with Gasteiger partial charge in [0.25, 0.3) is 0 Å². The molecule has 0 aliphatic heterocycles. The molecule has 2 aromatic carbocycles. The summed E-state index contributed by atoms with van der Waals surface area (Å²) >= 11 is 0. The average molecular weight is 364 g/mol. The van der Waals surface area contributed by atoms with E-state index in [0.717, 1.165) is 28.8 Å². The Bertz CT molecular complexity index is 953. The second-order valence-corrected chi connectivity index (χ2v) is 6.02. The number of carbonyl (C=O) groups excluding carboxylic acids is 1. The lowest BCUT2D eigenvalue weighted by molar-refractivity contribution is 0.0527. The molecule has 27 heavy (non-hydrogen) atoms. The Balaban J connectivity index is 2.19. The molecule has 0 saturated carbocycles. The number of aromatic nitrogens is 1. The number of benzene rings is 2. The number of esters is 1. The molecule has 0 unspecified atom stereocenters. The van der Waals surface area contributed by atoms with Crippen molar-refractivity contribution in [2.75, 3.05) is 18.5 Å². The summed E-state index contributed by atoms with van der Waals surface area (Å²) in [6.45, 7) is 6.70. The smallest absolute Gasteiger partial charge is 0.341 e. The van der Waals surface area contributed by atoms with Gasteiger partial charge in [0.15, 0.2) is 0 Å². The maximum atomic E-state index is 12.5. The number of nitrogens with zero attached hydrogens (tertiary/aromatic N) is 1. The molecule has 0 radical (unpaired) electrons. The molecule has 1 heterocycles. The van der Waals surface area contributed by atoms with Crippen molar-refractivity contribution in [2.24, 2.45) is 0 Å². The van der Waals surface area contributed by atoms with Crippen LogP contribution in [0.4, 0.5) is 11.4 Å². The average Bonchev–Trinajstić information content (AvgIpc) is 2.69. The molecule has 5 heteroatoms. The predicted octanol–water partition coefficient (Wildman–Crippen LogP) is 5.12. The summed E-state index contributed by atoms with van der Waals surface area (Å²) in [5.41, 5.74) is 3.99. The number of pyridine rings is 1. The molecule has 0 aliphatic rings. The van der Waals surface area contributed by atoms with Crippen LogP contribution < -0.4 is 10.1 Å². The van der Waals surface area contributed by atoms with Crippen LogP contribution >= 0.6 is 0 Å². The Morgan fingerprint density at radius 2 is 1.89 bits per heavy atom. The first-order chi connectivity index (χ1) is 13.2. The molecule has 5 nitrogen and oxygen atoms in total. The van der Waals surface area contributed by atoms with Crippen molar-refractivity contribution in [3.8, 4) is 5.75 Å². The number of hydrogen-bond donors (Lipinski definition) is 1. The Morgan fingerprint density at radius 1 is 1.07 bits per heavy atom. The minimum Gasteiger partial charge on any atom is -0.494 e. The number of fused-ring (bicyclic) bond motifs is 1. The van der Waals surface area contributed by atoms with Crippen LogP contribution in [0.15, 0.2) is 48.7 Å². The molecular weight excluding hydrogens is 340 g/mol. The third-order valence-corrected chi connectivity index (χ3v) is 4.30. The van der Waals surface area contributed by atoms with Gasteiger partial charge in [-0.3, -0.25) is 4.98 Å². The number of para-hydroxylation sites is 1. The molecule has 0 saturated heterocycles. The molecule has 1 N–H and O–H groups in total. The van der Waals surface area contributed by atoms with E-state index < -0.39 is 5.97 Å². The molecule has 0 aliphatic carbocycles. The molecule has 3 rings (SSSR count). The van der Waals surface area contributed by atoms with Gasteiger partial charge < -0.3 is 14.8 Å². The van der Waals surface area contributed by atoms with E-state index in [1.165, 1.54) is 5.56 Å². The standard InChI is InChI=1S/C22H24N2O3/c1-4-15-9-7-8-10-19(15)24-21-17-13-16(26-5-2)11-12-20(17)23-14-18(21)22(25)27-6-3/h7-14H,4-6H2,1-3H3,(H,23,24). The maximum Gasteiger partial charge on any atom is 0.341 e. The normalized spacial score (nSPS) is 10.6. The summed E-state index contributed by atoms with van der Waals surface area (Å²) in [7, 11) is 0. The van der Waals surface area contributed by atoms with Gasteiger partial charge in [-0.1, -0.05) is 25.1 Å². The summed E-state index contributed by atoms with van der Waals surface area (Å²) in [6.07, 6.45) is 2.45. The zero-order valence-corrected chi connectivity index (χ0v) is 15.9. The SMILES string of the molecule is CCOC(=O)c1cnc2ccc(OCC)cc2c1Nc1ccccc1CC. The van der Waals surface area contributed by atoms with Gasteiger partial charge in [0.1, 0.15) is 11.3 Å². The van der Waals surface area contributed by atoms with Crippen molar-refractivity contribution in [1.29, 1.82) is 0 Å². The molecule has 0 amide bonds. The van der Waals surface area contributed by atoms with Gasteiger partial charge >= 0.3 is 5.97 Å². The lowest BCUT2D eigenvalue weighted by Gasteiger charge is -2.17. The second-order valence-electron chi connectivity index (χ2n) is 6.02. The van der Waals surface area contributed by atoms with Crippen LogP contribution in [0.25, 0.3) is 10.9 Å². The fourth-order valence-corrected chi connectivity index (χ4v) is 3.01. The molecule has 3 aromatic rings. The van der Waals surface area contributed by atoms with Crippen molar-refractivity contribution in [3.05, 3.63) is 59.8 Å². The highest BCUT2D eigenvalue weighted by Gasteiger charge is 2.18. The first-order valence-electron chi connectivity index (χ1n) is 9.25. The predicted molar refractivity (Wildman–Crippen MR) is 108 cm³/mol. The fourth-order valence-electron chi connectivity index (χ4n) is 3.01. The summed E-state index contributed by atoms with van der Waals surface area (Å²) in [6, 6.07) is 13.7. The molecule has 0 bridgehead atoms. The number of rotatable bonds is 7. The maximum absolute atomic E-state index is 12.5. The highest BCUT2D eigenvalue weighted by atomic mass is 16.5. The van der Waals surface area contributed by atoms with Gasteiger partial charge in [-0.05, 0) is 50.1 Å². The summed E-state index contributed by atoms with van der Waals surface area (Å²) < 4.78 is 10.9. The van der Waals surface area contributed by atoms with E-state index in [-0.39, 0.29) is 0 Å². The minimum absolute atomic E-state index is 0.306. The highest BCUT2D eigenvalue weighted by Crippen LogP contribution is 2.33. The second kappa shape index (κ2) is 8.54. The number of anilines is 2. The van der Waals surface area contributed by atoms with Crippen LogP contribution in [-0.4, -0.2) is 24.2 Å². The summed E-state index contributed by atoms with van der Waals surface area (Å²) in [5.74, 6) is 0.338. The fraction of sp³-hybridized carbons (Fsp3) is 0.273. The van der Waals surface area contributed by atoms with Crippen molar-refractivity contribution in [1.82, 2.24) is 4.98 Å². The number of hydrogen-bond acceptors (Lipinski definition) is 5. The lowest BCUT2D eigenvalue weighted by atomic mass is 10.1. The minimum atomic E-state index is -0.398. The van der Waals surface area contributed by atoms with E-state index in [2.05, 4.69) is 23.3 Å². The first kappa shape index (κ1) is 18.7. The van der Waals surface area contributed by atoms with E-state index in [1.807, 2.05) is 43.3 Å². The molecule has 140 valence electrons. The van der Waals surface area contributed by atoms with E-state index >= 15 is 0 Å². The van der Waals surface area contributed by atoms with Crippen molar-refractivity contribution in [3.63, 3.8) is 0 Å². The van der Waals surface area contributed by atoms with Crippen LogP contribution in [0, 0.1) is 0 Å². The zero-order chi connectivity index (χ0) is 19.2. The third-order valence-electron chi connectivity index (χ3n) is 4.30. The lowest BCUT2D eigenvalue weighted by Crippen LogP contribution is -2.10. The number of nitrogens with one attached hydrogen (secondary N) is 1. The zero-order valence-electron chi connectivity index (χ0n) is 15.9. The van der Waals surface area contributed by atoms with Gasteiger partial charge in [0.05, 0.1) is 24.4 Å². The Hall–Kier alpha value is -3.08. The molecule has 1 aromatic heterocycles. The Labute approximate surface area is 159 Å². The van der Waals surface area contributed by atoms with Crippen LogP contribution in [0.2, 0.25) is 0 Å². The highest BCUT2D eigenvalue weighted by molar-refractivity contribution is 6.06. The van der Waals surface area contributed by atoms with E-state index in [1.54, 1.807) is 13.1 Å². The van der Waals surface area contributed by atoms with Crippen molar-refractivity contribution in [2.45, 2.75) is 27.2 Å². The monoisotopic (exact) mass is 364 g/mol. The van der Waals surface area contributed by atoms with Crippen LogP contribution in [0.3, 0.4) is 0 Å². The summed E-state index contributed by atoms with van der Waals surface area (Å²) in [4.78, 5) is 17.0. The first-order valence-corrected chi connectivity index (χ1v) is 9.25. The van der Waals surface area contributed by atoms with Crippen LogP contribution in [-0.2, 0) is 11.2 Å². The van der Waals surface area contributed by atoms with E-state index in [9.17, 15) is 4.79 Å². The Morgan fingerprint density at radius 3 is 2.63 bits per heavy atom. The molecule has 0 spiro atoms. The van der Waals surface area contributed by atoms with Crippen molar-refractivity contribution >= 4 is 28.2 Å². The Kier molecular flexibility index (Phi) is 5.91. The number of ether oxygens (including phenoxy) is 2. The molecule has 0 fully saturated rings. The number of aryl methyl sites for hydroxylation is 1. The van der Waals surface area contributed by atoms with Crippen LogP contribution in [0.1, 0.15) is 36.7 Å². The van der Waals surface area contributed by atoms with Gasteiger partial charge in [-0.25, -0.2) is 4.79 Å². The largest absolute Gasteiger partial charge is 0.494 e. The van der Waals surface area contributed by atoms with E-state index in [0.29, 0.717) is 24.5 Å². The third kappa shape index (κ3) is 4.03. The van der Waals surface area contributed by atoms with Gasteiger partial charge in [0, 0.05) is 17.3 Å². The van der Waals surface area contributed by atoms with Crippen LogP contribution in [0.5, 0.6) is 5.75 Å². The van der Waals surface area contributed by atoms with Crippen molar-refractivity contribution < 1.29 is 14.3 Å². The molecule has 0 atom stereocenters.